The van der Waals surface area contributed by atoms with E-state index in [1.54, 1.807) is 26.4 Å². The molecular formula is C31H34FNO5. The highest BCUT2D eigenvalue weighted by Crippen LogP contribution is 2.47. The SMILES string of the molecule is COc1ccc([C@H]2CC(=O)C3=C(C2)N=C(C)C(C(=O)OC2CCCCC2)[C@@H]3c2ccc(F)cc2)cc1OC. The summed E-state index contributed by atoms with van der Waals surface area (Å²) in [6.07, 6.45) is 5.68. The Kier molecular flexibility index (Phi) is 7.63. The van der Waals surface area contributed by atoms with Gasteiger partial charge in [0.2, 0.25) is 0 Å². The average Bonchev–Trinajstić information content (AvgIpc) is 2.92. The Morgan fingerprint density at radius 2 is 1.61 bits per heavy atom. The van der Waals surface area contributed by atoms with Crippen LogP contribution in [0.4, 0.5) is 4.39 Å². The van der Waals surface area contributed by atoms with Gasteiger partial charge in [-0.2, -0.15) is 0 Å². The lowest BCUT2D eigenvalue weighted by atomic mass is 9.69. The quantitative estimate of drug-likeness (QED) is 0.419. The van der Waals surface area contributed by atoms with Crippen molar-refractivity contribution in [1.29, 1.82) is 0 Å². The van der Waals surface area contributed by atoms with Crippen LogP contribution in [0.1, 0.15) is 74.8 Å². The Hall–Kier alpha value is -3.48. The molecule has 38 heavy (non-hydrogen) atoms. The molecule has 0 N–H and O–H groups in total. The number of benzene rings is 2. The molecular weight excluding hydrogens is 485 g/mol. The highest BCUT2D eigenvalue weighted by atomic mass is 19.1. The number of halogens is 1. The summed E-state index contributed by atoms with van der Waals surface area (Å²) in [7, 11) is 3.17. The van der Waals surface area contributed by atoms with E-state index in [1.165, 1.54) is 12.1 Å². The fraction of sp³-hybridized carbons (Fsp3) is 0.452. The van der Waals surface area contributed by atoms with Crippen LogP contribution in [-0.4, -0.2) is 37.8 Å². The van der Waals surface area contributed by atoms with Gasteiger partial charge >= 0.3 is 5.97 Å². The van der Waals surface area contributed by atoms with E-state index in [0.29, 0.717) is 34.9 Å². The van der Waals surface area contributed by atoms with E-state index in [0.717, 1.165) is 43.2 Å². The number of allylic oxidation sites excluding steroid dienone is 2. The summed E-state index contributed by atoms with van der Waals surface area (Å²) in [4.78, 5) is 32.2. The van der Waals surface area contributed by atoms with E-state index in [4.69, 9.17) is 19.2 Å². The van der Waals surface area contributed by atoms with Crippen molar-refractivity contribution in [3.63, 3.8) is 0 Å². The number of hydrogen-bond donors (Lipinski definition) is 0. The monoisotopic (exact) mass is 519 g/mol. The average molecular weight is 520 g/mol. The minimum atomic E-state index is -0.720. The zero-order chi connectivity index (χ0) is 26.8. The highest BCUT2D eigenvalue weighted by Gasteiger charge is 2.45. The summed E-state index contributed by atoms with van der Waals surface area (Å²) in [5.41, 5.74) is 3.54. The third-order valence-electron chi connectivity index (χ3n) is 8.09. The fourth-order valence-corrected chi connectivity index (χ4v) is 6.16. The molecule has 3 aliphatic rings. The Morgan fingerprint density at radius 3 is 2.29 bits per heavy atom. The first kappa shape index (κ1) is 26.1. The molecule has 200 valence electrons. The summed E-state index contributed by atoms with van der Waals surface area (Å²) in [5, 5.41) is 0. The largest absolute Gasteiger partial charge is 0.493 e. The summed E-state index contributed by atoms with van der Waals surface area (Å²) < 4.78 is 30.7. The van der Waals surface area contributed by atoms with Gasteiger partial charge in [0, 0.05) is 29.3 Å². The number of carbonyl (C=O) groups is 2. The van der Waals surface area contributed by atoms with Crippen LogP contribution in [0.5, 0.6) is 11.5 Å². The maximum absolute atomic E-state index is 13.8. The first-order chi connectivity index (χ1) is 18.4. The Morgan fingerprint density at radius 1 is 0.921 bits per heavy atom. The van der Waals surface area contributed by atoms with E-state index < -0.39 is 11.8 Å². The molecule has 2 aliphatic carbocycles. The van der Waals surface area contributed by atoms with Crippen LogP contribution >= 0.6 is 0 Å². The van der Waals surface area contributed by atoms with Crippen molar-refractivity contribution in [2.45, 2.75) is 69.8 Å². The third-order valence-corrected chi connectivity index (χ3v) is 8.09. The minimum absolute atomic E-state index is 0.0490. The maximum atomic E-state index is 13.8. The summed E-state index contributed by atoms with van der Waals surface area (Å²) in [6, 6.07) is 11.8. The Bertz CT molecular complexity index is 1280. The van der Waals surface area contributed by atoms with Crippen LogP contribution in [-0.2, 0) is 14.3 Å². The van der Waals surface area contributed by atoms with E-state index in [1.807, 2.05) is 25.1 Å². The van der Waals surface area contributed by atoms with Gasteiger partial charge in [-0.05, 0) is 80.3 Å². The summed E-state index contributed by atoms with van der Waals surface area (Å²) in [5.74, 6) is -0.899. The number of ether oxygens (including phenoxy) is 3. The van der Waals surface area contributed by atoms with Crippen molar-refractivity contribution >= 4 is 17.5 Å². The van der Waals surface area contributed by atoms with Gasteiger partial charge in [0.25, 0.3) is 0 Å². The predicted molar refractivity (Wildman–Crippen MR) is 142 cm³/mol. The molecule has 6 nitrogen and oxygen atoms in total. The van der Waals surface area contributed by atoms with Crippen LogP contribution in [0.2, 0.25) is 0 Å². The molecule has 0 saturated heterocycles. The second kappa shape index (κ2) is 11.1. The van der Waals surface area contributed by atoms with Crippen molar-refractivity contribution < 1.29 is 28.2 Å². The van der Waals surface area contributed by atoms with Crippen molar-refractivity contribution in [3.05, 3.63) is 70.7 Å². The number of ketones is 1. The molecule has 0 aromatic heterocycles. The van der Waals surface area contributed by atoms with E-state index in [2.05, 4.69) is 0 Å². The first-order valence-electron chi connectivity index (χ1n) is 13.4. The van der Waals surface area contributed by atoms with Gasteiger partial charge in [0.1, 0.15) is 17.8 Å². The molecule has 2 aromatic carbocycles. The predicted octanol–water partition coefficient (Wildman–Crippen LogP) is 6.29. The smallest absolute Gasteiger partial charge is 0.315 e. The minimum Gasteiger partial charge on any atom is -0.493 e. The standard InChI is InChI=1S/C31H34FNO5/c1-18-28(31(35)38-23-7-5-4-6-8-23)29(19-9-12-22(32)13-10-19)30-24(33-18)15-21(16-25(30)34)20-11-14-26(36-2)27(17-20)37-3/h9-14,17,21,23,28-29H,4-8,15-16H2,1-3H3/t21-,28?,29+/m1/s1. The number of esters is 1. The van der Waals surface area contributed by atoms with Crippen LogP contribution in [0.15, 0.2) is 58.7 Å². The molecule has 5 rings (SSSR count). The second-order valence-electron chi connectivity index (χ2n) is 10.5. The van der Waals surface area contributed by atoms with Crippen molar-refractivity contribution in [1.82, 2.24) is 0 Å². The van der Waals surface area contributed by atoms with Crippen LogP contribution in [0, 0.1) is 11.7 Å². The van der Waals surface area contributed by atoms with Gasteiger partial charge in [-0.3, -0.25) is 14.6 Å². The molecule has 1 unspecified atom stereocenters. The molecule has 1 aliphatic heterocycles. The van der Waals surface area contributed by atoms with Crippen molar-refractivity contribution in [3.8, 4) is 11.5 Å². The lowest BCUT2D eigenvalue weighted by molar-refractivity contribution is -0.153. The zero-order valence-corrected chi connectivity index (χ0v) is 22.2. The van der Waals surface area contributed by atoms with Crippen LogP contribution in [0.25, 0.3) is 0 Å². The lowest BCUT2D eigenvalue weighted by Crippen LogP contribution is -2.39. The number of Topliss-reactive ketones (excluding diaryl/α,β-unsaturated/α-hetero) is 1. The number of hydrogen-bond acceptors (Lipinski definition) is 6. The highest BCUT2D eigenvalue weighted by molar-refractivity contribution is 6.09. The second-order valence-corrected chi connectivity index (χ2v) is 10.5. The Balaban J connectivity index is 1.51. The van der Waals surface area contributed by atoms with Crippen LogP contribution < -0.4 is 9.47 Å². The molecule has 1 fully saturated rings. The molecule has 0 spiro atoms. The number of rotatable bonds is 6. The fourth-order valence-electron chi connectivity index (χ4n) is 6.16. The maximum Gasteiger partial charge on any atom is 0.315 e. The van der Waals surface area contributed by atoms with Gasteiger partial charge in [0.05, 0.1) is 14.2 Å². The summed E-state index contributed by atoms with van der Waals surface area (Å²) in [6.45, 7) is 1.83. The number of methoxy groups -OCH3 is 2. The zero-order valence-electron chi connectivity index (χ0n) is 22.2. The van der Waals surface area contributed by atoms with Crippen molar-refractivity contribution in [2.24, 2.45) is 10.9 Å². The molecule has 1 heterocycles. The van der Waals surface area contributed by atoms with Gasteiger partial charge in [-0.15, -0.1) is 0 Å². The van der Waals surface area contributed by atoms with Gasteiger partial charge in [0.15, 0.2) is 17.3 Å². The van der Waals surface area contributed by atoms with Crippen LogP contribution in [0.3, 0.4) is 0 Å². The molecule has 0 amide bonds. The van der Waals surface area contributed by atoms with Crippen molar-refractivity contribution in [2.75, 3.05) is 14.2 Å². The number of nitrogens with zero attached hydrogens (tertiary/aromatic N) is 1. The van der Waals surface area contributed by atoms with E-state index >= 15 is 0 Å². The molecule has 7 heteroatoms. The summed E-state index contributed by atoms with van der Waals surface area (Å²) >= 11 is 0. The topological polar surface area (TPSA) is 74.2 Å². The molecule has 2 aromatic rings. The van der Waals surface area contributed by atoms with E-state index in [-0.39, 0.29) is 36.0 Å². The normalized spacial score (nSPS) is 23.9. The molecule has 3 atom stereocenters. The van der Waals surface area contributed by atoms with Gasteiger partial charge in [-0.25, -0.2) is 4.39 Å². The Labute approximate surface area is 222 Å². The molecule has 0 radical (unpaired) electrons. The van der Waals surface area contributed by atoms with Gasteiger partial charge in [-0.1, -0.05) is 24.6 Å². The van der Waals surface area contributed by atoms with Gasteiger partial charge < -0.3 is 14.2 Å². The third kappa shape index (κ3) is 5.11. The molecule has 0 bridgehead atoms. The lowest BCUT2D eigenvalue weighted by Gasteiger charge is -2.37. The first-order valence-corrected chi connectivity index (χ1v) is 13.4. The number of aliphatic imine (C=N–C) groups is 1. The number of carbonyl (C=O) groups excluding carboxylic acids is 2. The van der Waals surface area contributed by atoms with E-state index in [9.17, 15) is 14.0 Å². The molecule has 1 saturated carbocycles.